The maximum atomic E-state index is 12.3. The Morgan fingerprint density at radius 2 is 1.62 bits per heavy atom. The Morgan fingerprint density at radius 1 is 1.05 bits per heavy atom. The molecule has 1 atom stereocenters. The van der Waals surface area contributed by atoms with E-state index in [2.05, 4.69) is 12.6 Å². The van der Waals surface area contributed by atoms with Crippen molar-refractivity contribution in [3.63, 3.8) is 0 Å². The van der Waals surface area contributed by atoms with Gasteiger partial charge in [0.25, 0.3) is 5.69 Å². The summed E-state index contributed by atoms with van der Waals surface area (Å²) in [4.78, 5) is 10.1. The molecule has 0 aromatic heterocycles. The van der Waals surface area contributed by atoms with Crippen molar-refractivity contribution in [2.24, 2.45) is 0 Å². The van der Waals surface area contributed by atoms with E-state index in [0.717, 1.165) is 5.56 Å². The number of non-ortho nitro benzene ring substituents is 1. The van der Waals surface area contributed by atoms with Gasteiger partial charge in [-0.2, -0.15) is 12.6 Å². The molecule has 0 saturated heterocycles. The molecule has 110 valence electrons. The lowest BCUT2D eigenvalue weighted by atomic mass is 10.2. The molecule has 0 bridgehead atoms. The highest BCUT2D eigenvalue weighted by atomic mass is 32.2. The molecular formula is C14H13NO4S2. The van der Waals surface area contributed by atoms with E-state index in [0.29, 0.717) is 0 Å². The van der Waals surface area contributed by atoms with E-state index in [1.807, 2.05) is 30.3 Å². The number of hydrogen-bond donors (Lipinski definition) is 1. The highest BCUT2D eigenvalue weighted by molar-refractivity contribution is 7.92. The highest BCUT2D eigenvalue weighted by Gasteiger charge is 2.21. The molecule has 21 heavy (non-hydrogen) atoms. The second-order valence-electron chi connectivity index (χ2n) is 4.46. The van der Waals surface area contributed by atoms with Gasteiger partial charge in [-0.1, -0.05) is 30.3 Å². The maximum absolute atomic E-state index is 12.3. The minimum absolute atomic E-state index is 0.0584. The van der Waals surface area contributed by atoms with Crippen LogP contribution in [0.3, 0.4) is 0 Å². The lowest BCUT2D eigenvalue weighted by Gasteiger charge is -2.11. The molecule has 0 heterocycles. The van der Waals surface area contributed by atoms with Crippen LogP contribution in [-0.2, 0) is 9.84 Å². The SMILES string of the molecule is O=[N+]([O-])c1ccc(S(=O)(=O)CC(S)c2ccccc2)cc1. The summed E-state index contributed by atoms with van der Waals surface area (Å²) in [5.74, 6) is -0.169. The van der Waals surface area contributed by atoms with E-state index in [4.69, 9.17) is 0 Å². The zero-order valence-corrected chi connectivity index (χ0v) is 12.6. The zero-order valence-electron chi connectivity index (χ0n) is 10.9. The van der Waals surface area contributed by atoms with Gasteiger partial charge in [-0.05, 0) is 17.7 Å². The van der Waals surface area contributed by atoms with Crippen LogP contribution in [-0.4, -0.2) is 19.1 Å². The van der Waals surface area contributed by atoms with Gasteiger partial charge in [-0.25, -0.2) is 8.42 Å². The number of sulfone groups is 1. The van der Waals surface area contributed by atoms with Crippen molar-refractivity contribution < 1.29 is 13.3 Å². The third kappa shape index (κ3) is 3.83. The fraction of sp³-hybridized carbons (Fsp3) is 0.143. The molecule has 7 heteroatoms. The third-order valence-electron chi connectivity index (χ3n) is 2.97. The van der Waals surface area contributed by atoms with Gasteiger partial charge in [0.05, 0.1) is 15.6 Å². The van der Waals surface area contributed by atoms with Gasteiger partial charge >= 0.3 is 0 Å². The Hall–Kier alpha value is -1.86. The molecule has 1 unspecified atom stereocenters. The van der Waals surface area contributed by atoms with Crippen LogP contribution in [0.1, 0.15) is 10.8 Å². The Bertz CT molecular complexity index is 727. The van der Waals surface area contributed by atoms with Gasteiger partial charge in [0.2, 0.25) is 0 Å². The normalized spacial score (nSPS) is 12.8. The van der Waals surface area contributed by atoms with Crippen molar-refractivity contribution in [3.8, 4) is 0 Å². The smallest absolute Gasteiger partial charge is 0.258 e. The summed E-state index contributed by atoms with van der Waals surface area (Å²) in [6.45, 7) is 0. The molecule has 0 aliphatic heterocycles. The fourth-order valence-corrected chi connectivity index (χ4v) is 3.96. The monoisotopic (exact) mass is 323 g/mol. The summed E-state index contributed by atoms with van der Waals surface area (Å²) >= 11 is 4.33. The molecule has 0 amide bonds. The molecule has 0 N–H and O–H groups in total. The van der Waals surface area contributed by atoms with Gasteiger partial charge < -0.3 is 0 Å². The van der Waals surface area contributed by atoms with Crippen LogP contribution < -0.4 is 0 Å². The predicted octanol–water partition coefficient (Wildman–Crippen LogP) is 3.04. The number of nitrogens with zero attached hydrogens (tertiary/aromatic N) is 1. The summed E-state index contributed by atoms with van der Waals surface area (Å²) in [5.41, 5.74) is 0.672. The lowest BCUT2D eigenvalue weighted by molar-refractivity contribution is -0.384. The first-order chi connectivity index (χ1) is 9.90. The van der Waals surface area contributed by atoms with E-state index >= 15 is 0 Å². The minimum Gasteiger partial charge on any atom is -0.258 e. The van der Waals surface area contributed by atoms with Crippen LogP contribution in [0.4, 0.5) is 5.69 Å². The summed E-state index contributed by atoms with van der Waals surface area (Å²) in [5, 5.41) is 10.1. The summed E-state index contributed by atoms with van der Waals surface area (Å²) < 4.78 is 24.6. The molecule has 5 nitrogen and oxygen atoms in total. The molecule has 0 aliphatic rings. The molecule has 2 aromatic carbocycles. The van der Waals surface area contributed by atoms with Crippen molar-refractivity contribution in [1.29, 1.82) is 0 Å². The van der Waals surface area contributed by atoms with Gasteiger partial charge in [-0.3, -0.25) is 10.1 Å². The van der Waals surface area contributed by atoms with Crippen LogP contribution in [0.5, 0.6) is 0 Å². The average molecular weight is 323 g/mol. The molecule has 0 saturated carbocycles. The topological polar surface area (TPSA) is 77.3 Å². The Morgan fingerprint density at radius 3 is 2.14 bits per heavy atom. The van der Waals surface area contributed by atoms with Crippen LogP contribution in [0.15, 0.2) is 59.5 Å². The first-order valence-electron chi connectivity index (χ1n) is 6.10. The summed E-state index contributed by atoms with van der Waals surface area (Å²) in [6, 6.07) is 14.0. The molecule has 0 aliphatic carbocycles. The van der Waals surface area contributed by atoms with Crippen LogP contribution in [0, 0.1) is 10.1 Å². The highest BCUT2D eigenvalue weighted by Crippen LogP contribution is 2.25. The van der Waals surface area contributed by atoms with Gasteiger partial charge in [0, 0.05) is 17.4 Å². The molecule has 2 aromatic rings. The quantitative estimate of drug-likeness (QED) is 0.521. The molecule has 2 rings (SSSR count). The Labute approximate surface area is 128 Å². The second kappa shape index (κ2) is 6.28. The van der Waals surface area contributed by atoms with Crippen molar-refractivity contribution >= 4 is 28.2 Å². The lowest BCUT2D eigenvalue weighted by Crippen LogP contribution is -2.11. The van der Waals surface area contributed by atoms with Crippen molar-refractivity contribution in [1.82, 2.24) is 0 Å². The predicted molar refractivity (Wildman–Crippen MR) is 83.3 cm³/mol. The molecule has 0 spiro atoms. The summed E-state index contributed by atoms with van der Waals surface area (Å²) in [6.07, 6.45) is 0. The number of hydrogen-bond acceptors (Lipinski definition) is 5. The Balaban J connectivity index is 2.20. The van der Waals surface area contributed by atoms with Crippen molar-refractivity contribution in [2.75, 3.05) is 5.75 Å². The van der Waals surface area contributed by atoms with E-state index in [1.165, 1.54) is 24.3 Å². The summed E-state index contributed by atoms with van der Waals surface area (Å²) in [7, 11) is -3.55. The van der Waals surface area contributed by atoms with Gasteiger partial charge in [-0.15, -0.1) is 0 Å². The van der Waals surface area contributed by atoms with Crippen molar-refractivity contribution in [2.45, 2.75) is 10.1 Å². The number of benzene rings is 2. The average Bonchev–Trinajstić information content (AvgIpc) is 2.48. The molecule has 0 radical (unpaired) electrons. The fourth-order valence-electron chi connectivity index (χ4n) is 1.85. The van der Waals surface area contributed by atoms with Gasteiger partial charge in [0.15, 0.2) is 9.84 Å². The molecular weight excluding hydrogens is 310 g/mol. The minimum atomic E-state index is -3.55. The van der Waals surface area contributed by atoms with Crippen LogP contribution in [0.2, 0.25) is 0 Å². The van der Waals surface area contributed by atoms with Crippen LogP contribution >= 0.6 is 12.6 Å². The largest absolute Gasteiger partial charge is 0.269 e. The van der Waals surface area contributed by atoms with E-state index in [-0.39, 0.29) is 16.3 Å². The standard InChI is InChI=1S/C14H13NO4S2/c16-15(17)12-6-8-13(9-7-12)21(18,19)10-14(20)11-4-2-1-3-5-11/h1-9,14,20H,10H2. The zero-order chi connectivity index (χ0) is 15.5. The number of nitro groups is 1. The Kier molecular flexibility index (Phi) is 4.64. The van der Waals surface area contributed by atoms with Crippen LogP contribution in [0.25, 0.3) is 0 Å². The van der Waals surface area contributed by atoms with E-state index in [9.17, 15) is 18.5 Å². The van der Waals surface area contributed by atoms with Gasteiger partial charge in [0.1, 0.15) is 0 Å². The number of nitro benzene ring substituents is 1. The maximum Gasteiger partial charge on any atom is 0.269 e. The molecule has 0 fully saturated rings. The third-order valence-corrected chi connectivity index (χ3v) is 5.46. The first-order valence-corrected chi connectivity index (χ1v) is 8.27. The number of thiol groups is 1. The van der Waals surface area contributed by atoms with E-state index in [1.54, 1.807) is 0 Å². The second-order valence-corrected chi connectivity index (χ2v) is 7.12. The van der Waals surface area contributed by atoms with E-state index < -0.39 is 20.0 Å². The van der Waals surface area contributed by atoms with Crippen molar-refractivity contribution in [3.05, 3.63) is 70.3 Å². The number of rotatable bonds is 5. The first kappa shape index (κ1) is 15.5.